The Morgan fingerprint density at radius 1 is 1.00 bits per heavy atom. The van der Waals surface area contributed by atoms with Gasteiger partial charge in [0.05, 0.1) is 11.2 Å². The average molecular weight is 300 g/mol. The molecule has 0 radical (unpaired) electrons. The van der Waals surface area contributed by atoms with E-state index in [9.17, 15) is 0 Å². The van der Waals surface area contributed by atoms with Crippen LogP contribution in [0.1, 0.15) is 11.3 Å². The zero-order valence-corrected chi connectivity index (χ0v) is 13.2. The molecule has 0 atom stereocenters. The van der Waals surface area contributed by atoms with E-state index in [1.807, 2.05) is 36.4 Å². The van der Waals surface area contributed by atoms with E-state index in [4.69, 9.17) is 0 Å². The normalized spacial score (nSPS) is 12.1. The summed E-state index contributed by atoms with van der Waals surface area (Å²) in [5.74, 6) is 0.754. The number of fused-ring (bicyclic) bond motifs is 1. The Labute approximate surface area is 137 Å². The number of rotatable bonds is 7. The van der Waals surface area contributed by atoms with Crippen LogP contribution < -0.4 is 0 Å². The monoisotopic (exact) mass is 300 g/mol. The molecule has 1 aromatic heterocycles. The summed E-state index contributed by atoms with van der Waals surface area (Å²) in [6.45, 7) is 15.2. The lowest BCUT2D eigenvalue weighted by atomic mass is 10.1. The van der Waals surface area contributed by atoms with Gasteiger partial charge in [-0.1, -0.05) is 74.9 Å². The van der Waals surface area contributed by atoms with Crippen molar-refractivity contribution >= 4 is 35.1 Å². The minimum Gasteiger partial charge on any atom is -0.294 e. The van der Waals surface area contributed by atoms with Gasteiger partial charge in [-0.05, 0) is 18.2 Å². The van der Waals surface area contributed by atoms with Gasteiger partial charge in [0.2, 0.25) is 0 Å². The van der Waals surface area contributed by atoms with Crippen LogP contribution in [0.5, 0.6) is 0 Å². The quantitative estimate of drug-likeness (QED) is 0.459. The van der Waals surface area contributed by atoms with Gasteiger partial charge in [0.25, 0.3) is 0 Å². The second-order valence-electron chi connectivity index (χ2n) is 4.72. The van der Waals surface area contributed by atoms with Crippen molar-refractivity contribution in [3.8, 4) is 0 Å². The number of hydrogen-bond acceptors (Lipinski definition) is 1. The first-order valence-electron chi connectivity index (χ1n) is 7.31. The summed E-state index contributed by atoms with van der Waals surface area (Å²) < 4.78 is 2.06. The standard InChI is InChI=1S/C21H20N2/c1-5-9-13-17-18-14-10-11-15-20(18)23(19(17)8-4)21(12-6-2)22-16-7-3/h5-16H,1-4H2/b13-9-,21-12+,22-16?. The van der Waals surface area contributed by atoms with E-state index in [2.05, 4.69) is 48.0 Å². The van der Waals surface area contributed by atoms with Gasteiger partial charge in [-0.2, -0.15) is 0 Å². The number of benzene rings is 1. The van der Waals surface area contributed by atoms with E-state index < -0.39 is 0 Å². The molecule has 0 aliphatic rings. The van der Waals surface area contributed by atoms with Gasteiger partial charge in [0.1, 0.15) is 5.82 Å². The molecule has 0 fully saturated rings. The van der Waals surface area contributed by atoms with E-state index in [1.165, 1.54) is 0 Å². The van der Waals surface area contributed by atoms with Gasteiger partial charge < -0.3 is 0 Å². The molecule has 0 aliphatic heterocycles. The number of allylic oxidation sites excluding steroid dienone is 5. The fourth-order valence-electron chi connectivity index (χ4n) is 2.48. The van der Waals surface area contributed by atoms with Crippen LogP contribution in [0.25, 0.3) is 28.9 Å². The molecule has 2 rings (SSSR count). The molecule has 114 valence electrons. The van der Waals surface area contributed by atoms with Gasteiger partial charge in [-0.3, -0.25) is 4.57 Å². The molecule has 0 saturated heterocycles. The Kier molecular flexibility index (Phi) is 5.48. The average Bonchev–Trinajstić information content (AvgIpc) is 2.90. The van der Waals surface area contributed by atoms with Crippen LogP contribution in [0, 0.1) is 0 Å². The topological polar surface area (TPSA) is 17.3 Å². The Morgan fingerprint density at radius 3 is 2.43 bits per heavy atom. The molecular formula is C21H20N2. The highest BCUT2D eigenvalue weighted by atomic mass is 15.1. The summed E-state index contributed by atoms with van der Waals surface area (Å²) in [7, 11) is 0. The molecular weight excluding hydrogens is 280 g/mol. The number of aliphatic imine (C=N–C) groups is 1. The first kappa shape index (κ1) is 16.2. The minimum absolute atomic E-state index is 0.754. The van der Waals surface area contributed by atoms with E-state index in [0.29, 0.717) is 0 Å². The molecule has 0 bridgehead atoms. The molecule has 1 aromatic carbocycles. The van der Waals surface area contributed by atoms with E-state index >= 15 is 0 Å². The Morgan fingerprint density at radius 2 is 1.78 bits per heavy atom. The summed E-state index contributed by atoms with van der Waals surface area (Å²) in [6, 6.07) is 8.18. The molecule has 2 nitrogen and oxygen atoms in total. The van der Waals surface area contributed by atoms with Crippen molar-refractivity contribution in [2.24, 2.45) is 4.99 Å². The zero-order chi connectivity index (χ0) is 16.7. The lowest BCUT2D eigenvalue weighted by Crippen LogP contribution is -1.98. The van der Waals surface area contributed by atoms with Crippen molar-refractivity contribution in [2.75, 3.05) is 0 Å². The molecule has 1 heterocycles. The fraction of sp³-hybridized carbons (Fsp3) is 0. The third-order valence-corrected chi connectivity index (χ3v) is 3.35. The lowest BCUT2D eigenvalue weighted by molar-refractivity contribution is 1.11. The number of para-hydroxylation sites is 1. The van der Waals surface area contributed by atoms with Crippen LogP contribution >= 0.6 is 0 Å². The lowest BCUT2D eigenvalue weighted by Gasteiger charge is -2.08. The van der Waals surface area contributed by atoms with Crippen molar-refractivity contribution in [1.82, 2.24) is 4.57 Å². The maximum Gasteiger partial charge on any atom is 0.137 e. The summed E-state index contributed by atoms with van der Waals surface area (Å²) in [5.41, 5.74) is 3.11. The van der Waals surface area contributed by atoms with Crippen LogP contribution in [0.15, 0.2) is 86.0 Å². The number of hydrogen-bond donors (Lipinski definition) is 0. The third-order valence-electron chi connectivity index (χ3n) is 3.35. The highest BCUT2D eigenvalue weighted by molar-refractivity contribution is 5.97. The maximum atomic E-state index is 4.47. The summed E-state index contributed by atoms with van der Waals surface area (Å²) in [4.78, 5) is 4.47. The summed E-state index contributed by atoms with van der Waals surface area (Å²) >= 11 is 0. The highest BCUT2D eigenvalue weighted by Gasteiger charge is 2.14. The summed E-state index contributed by atoms with van der Waals surface area (Å²) in [5, 5.41) is 1.13. The second-order valence-corrected chi connectivity index (χ2v) is 4.72. The van der Waals surface area contributed by atoms with Crippen LogP contribution in [0.3, 0.4) is 0 Å². The molecule has 0 aliphatic carbocycles. The smallest absolute Gasteiger partial charge is 0.137 e. The Balaban J connectivity index is 2.88. The number of aromatic nitrogens is 1. The van der Waals surface area contributed by atoms with Crippen LogP contribution in [0.4, 0.5) is 0 Å². The van der Waals surface area contributed by atoms with Crippen molar-refractivity contribution in [2.45, 2.75) is 0 Å². The Bertz CT molecular complexity index is 842. The van der Waals surface area contributed by atoms with Gasteiger partial charge >= 0.3 is 0 Å². The molecule has 23 heavy (non-hydrogen) atoms. The predicted octanol–water partition coefficient (Wildman–Crippen LogP) is 5.72. The zero-order valence-electron chi connectivity index (χ0n) is 13.2. The van der Waals surface area contributed by atoms with Gasteiger partial charge in [-0.15, -0.1) is 0 Å². The van der Waals surface area contributed by atoms with Crippen molar-refractivity contribution in [3.05, 3.63) is 92.2 Å². The van der Waals surface area contributed by atoms with Crippen LogP contribution in [-0.2, 0) is 0 Å². The molecule has 0 spiro atoms. The molecule has 0 amide bonds. The predicted molar refractivity (Wildman–Crippen MR) is 104 cm³/mol. The van der Waals surface area contributed by atoms with E-state index in [1.54, 1.807) is 24.4 Å². The van der Waals surface area contributed by atoms with E-state index in [0.717, 1.165) is 28.0 Å². The molecule has 0 unspecified atom stereocenters. The van der Waals surface area contributed by atoms with Crippen LogP contribution in [-0.4, -0.2) is 10.8 Å². The number of nitrogens with zero attached hydrogens (tertiary/aromatic N) is 2. The van der Waals surface area contributed by atoms with Gasteiger partial charge in [0.15, 0.2) is 0 Å². The largest absolute Gasteiger partial charge is 0.294 e. The van der Waals surface area contributed by atoms with Crippen LogP contribution in [0.2, 0.25) is 0 Å². The molecule has 0 saturated carbocycles. The van der Waals surface area contributed by atoms with Crippen molar-refractivity contribution in [3.63, 3.8) is 0 Å². The van der Waals surface area contributed by atoms with Crippen molar-refractivity contribution in [1.29, 1.82) is 0 Å². The maximum absolute atomic E-state index is 4.47. The molecule has 0 N–H and O–H groups in total. The van der Waals surface area contributed by atoms with Gasteiger partial charge in [-0.25, -0.2) is 4.99 Å². The van der Waals surface area contributed by atoms with Crippen molar-refractivity contribution < 1.29 is 0 Å². The highest BCUT2D eigenvalue weighted by Crippen LogP contribution is 2.31. The van der Waals surface area contributed by atoms with E-state index in [-0.39, 0.29) is 0 Å². The second kappa shape index (κ2) is 7.76. The fourth-order valence-corrected chi connectivity index (χ4v) is 2.48. The SMILES string of the molecule is C=CC=N/C(=C\C=C)n1c(C=C)c(/C=C\C=C)c2ccccc21. The molecule has 2 aromatic rings. The Hall–Kier alpha value is -3.13. The third kappa shape index (κ3) is 3.22. The first-order chi connectivity index (χ1) is 11.3. The molecule has 2 heteroatoms. The minimum atomic E-state index is 0.754. The summed E-state index contributed by atoms with van der Waals surface area (Å²) in [6.07, 6.45) is 14.4. The first-order valence-corrected chi connectivity index (χ1v) is 7.31. The van der Waals surface area contributed by atoms with Gasteiger partial charge in [0, 0.05) is 17.2 Å².